The van der Waals surface area contributed by atoms with Crippen LogP contribution in [0.5, 0.6) is 11.5 Å². The molecule has 2 heterocycles. The fourth-order valence-electron chi connectivity index (χ4n) is 7.81. The van der Waals surface area contributed by atoms with Crippen molar-refractivity contribution >= 4 is 64.3 Å². The molecule has 3 aromatic rings. The third-order valence-electron chi connectivity index (χ3n) is 10.2. The fourth-order valence-corrected chi connectivity index (χ4v) is 8.16. The summed E-state index contributed by atoms with van der Waals surface area (Å²) < 4.78 is 5.28. The lowest BCUT2D eigenvalue weighted by molar-refractivity contribution is -0.126. The number of allylic oxidation sites excluding steroid dienone is 3. The average Bonchev–Trinajstić information content (AvgIpc) is 3.46. The molecule has 2 aliphatic carbocycles. The van der Waals surface area contributed by atoms with Gasteiger partial charge in [-0.05, 0) is 85.7 Å². The Hall–Kier alpha value is -4.40. The van der Waals surface area contributed by atoms with Gasteiger partial charge in [-0.3, -0.25) is 19.2 Å². The SMILES string of the molecule is COc1cc(C=CC2C3=CCC4C(=O)N(c5ccc(C)c(Cl)c5)C(=O)C4C3CC3C(=O)N(c4ccc(C)c(Cl)c4)C(=O)C23)ccc1O. The number of methoxy groups -OCH3 is 1. The van der Waals surface area contributed by atoms with Crippen LogP contribution in [0, 0.1) is 49.4 Å². The highest BCUT2D eigenvalue weighted by Gasteiger charge is 2.61. The van der Waals surface area contributed by atoms with Gasteiger partial charge < -0.3 is 9.84 Å². The average molecular weight is 672 g/mol. The number of imide groups is 2. The predicted octanol–water partition coefficient (Wildman–Crippen LogP) is 6.92. The van der Waals surface area contributed by atoms with E-state index in [-0.39, 0.29) is 35.8 Å². The van der Waals surface area contributed by atoms with Crippen molar-refractivity contribution in [1.82, 2.24) is 0 Å². The number of rotatable bonds is 5. The number of hydrogen-bond acceptors (Lipinski definition) is 6. The summed E-state index contributed by atoms with van der Waals surface area (Å²) in [6, 6.07) is 15.2. The van der Waals surface area contributed by atoms with E-state index in [2.05, 4.69) is 0 Å². The lowest BCUT2D eigenvalue weighted by atomic mass is 9.58. The van der Waals surface area contributed by atoms with Crippen molar-refractivity contribution in [2.24, 2.45) is 35.5 Å². The fraction of sp³-hybridized carbons (Fsp3) is 0.297. The number of anilines is 2. The topological polar surface area (TPSA) is 104 Å². The smallest absolute Gasteiger partial charge is 0.238 e. The van der Waals surface area contributed by atoms with Crippen LogP contribution in [-0.4, -0.2) is 35.8 Å². The highest BCUT2D eigenvalue weighted by Crippen LogP contribution is 2.56. The molecule has 4 aliphatic rings. The van der Waals surface area contributed by atoms with E-state index in [1.165, 1.54) is 23.0 Å². The number of halogens is 2. The first-order valence-electron chi connectivity index (χ1n) is 15.5. The normalized spacial score (nSPS) is 26.9. The zero-order chi connectivity index (χ0) is 33.3. The third kappa shape index (κ3) is 4.97. The molecule has 2 saturated heterocycles. The third-order valence-corrected chi connectivity index (χ3v) is 11.0. The number of amides is 4. The van der Waals surface area contributed by atoms with Gasteiger partial charge in [0, 0.05) is 16.0 Å². The summed E-state index contributed by atoms with van der Waals surface area (Å²) in [5.74, 6) is -4.62. The van der Waals surface area contributed by atoms with E-state index < -0.39 is 35.5 Å². The molecular formula is C37H32Cl2N2O6. The van der Waals surface area contributed by atoms with Crippen LogP contribution in [0.1, 0.15) is 29.5 Å². The molecular weight excluding hydrogens is 639 g/mol. The van der Waals surface area contributed by atoms with E-state index in [0.29, 0.717) is 33.6 Å². The lowest BCUT2D eigenvalue weighted by Crippen LogP contribution is -2.43. The number of phenolic OH excluding ortho intramolecular Hbond substituents is 1. The number of fused-ring (bicyclic) bond motifs is 4. The predicted molar refractivity (Wildman–Crippen MR) is 179 cm³/mol. The maximum absolute atomic E-state index is 14.2. The summed E-state index contributed by atoms with van der Waals surface area (Å²) in [5.41, 5.74) is 4.08. The first-order chi connectivity index (χ1) is 22.5. The highest BCUT2D eigenvalue weighted by atomic mass is 35.5. The van der Waals surface area contributed by atoms with Crippen molar-refractivity contribution in [2.75, 3.05) is 16.9 Å². The first-order valence-corrected chi connectivity index (χ1v) is 16.3. The Morgan fingerprint density at radius 2 is 1.36 bits per heavy atom. The Morgan fingerprint density at radius 3 is 1.96 bits per heavy atom. The highest BCUT2D eigenvalue weighted by molar-refractivity contribution is 6.33. The molecule has 0 aromatic heterocycles. The number of carbonyl (C=O) groups excluding carboxylic acids is 4. The van der Waals surface area contributed by atoms with Crippen LogP contribution in [0.3, 0.4) is 0 Å². The van der Waals surface area contributed by atoms with Gasteiger partial charge in [-0.2, -0.15) is 0 Å². The van der Waals surface area contributed by atoms with E-state index in [1.807, 2.05) is 32.1 Å². The minimum atomic E-state index is -0.712. The second-order valence-electron chi connectivity index (χ2n) is 12.8. The van der Waals surface area contributed by atoms with E-state index in [0.717, 1.165) is 22.3 Å². The van der Waals surface area contributed by atoms with Gasteiger partial charge in [0.15, 0.2) is 11.5 Å². The summed E-state index contributed by atoms with van der Waals surface area (Å²) in [6.07, 6.45) is 6.33. The molecule has 6 atom stereocenters. The number of aryl methyl sites for hydroxylation is 2. The van der Waals surface area contributed by atoms with Gasteiger partial charge in [0.1, 0.15) is 0 Å². The molecule has 6 unspecified atom stereocenters. The molecule has 10 heteroatoms. The van der Waals surface area contributed by atoms with Crippen LogP contribution >= 0.6 is 23.2 Å². The molecule has 3 aromatic carbocycles. The summed E-state index contributed by atoms with van der Waals surface area (Å²) >= 11 is 12.8. The van der Waals surface area contributed by atoms with Gasteiger partial charge >= 0.3 is 0 Å². The van der Waals surface area contributed by atoms with E-state index in [9.17, 15) is 24.3 Å². The second kappa shape index (κ2) is 11.7. The van der Waals surface area contributed by atoms with E-state index in [4.69, 9.17) is 27.9 Å². The molecule has 240 valence electrons. The number of carbonyl (C=O) groups is 4. The summed E-state index contributed by atoms with van der Waals surface area (Å²) in [6.45, 7) is 3.70. The molecule has 0 bridgehead atoms. The summed E-state index contributed by atoms with van der Waals surface area (Å²) in [5, 5.41) is 11.0. The number of phenols is 1. The zero-order valence-corrected chi connectivity index (χ0v) is 27.5. The van der Waals surface area contributed by atoms with Gasteiger partial charge in [-0.1, -0.05) is 65.2 Å². The van der Waals surface area contributed by atoms with Crippen molar-refractivity contribution in [3.63, 3.8) is 0 Å². The maximum Gasteiger partial charge on any atom is 0.238 e. The molecule has 0 radical (unpaired) electrons. The van der Waals surface area contributed by atoms with Crippen LogP contribution < -0.4 is 14.5 Å². The van der Waals surface area contributed by atoms with Gasteiger partial charge in [-0.25, -0.2) is 9.80 Å². The van der Waals surface area contributed by atoms with Crippen LogP contribution in [0.15, 0.2) is 72.3 Å². The molecule has 4 amide bonds. The Balaban J connectivity index is 1.30. The summed E-state index contributed by atoms with van der Waals surface area (Å²) in [7, 11) is 1.46. The zero-order valence-electron chi connectivity index (χ0n) is 25.9. The van der Waals surface area contributed by atoms with Crippen molar-refractivity contribution in [3.8, 4) is 11.5 Å². The number of ether oxygens (including phenoxy) is 1. The molecule has 1 saturated carbocycles. The Kier molecular flexibility index (Phi) is 7.76. The van der Waals surface area contributed by atoms with E-state index in [1.54, 1.807) is 48.5 Å². The number of hydrogen-bond donors (Lipinski definition) is 1. The quantitative estimate of drug-likeness (QED) is 0.234. The Morgan fingerprint density at radius 1 is 0.766 bits per heavy atom. The maximum atomic E-state index is 14.2. The van der Waals surface area contributed by atoms with Gasteiger partial charge in [-0.15, -0.1) is 0 Å². The number of aromatic hydroxyl groups is 1. The van der Waals surface area contributed by atoms with Crippen LogP contribution in [0.4, 0.5) is 11.4 Å². The molecule has 2 aliphatic heterocycles. The minimum absolute atomic E-state index is 0.00345. The molecule has 1 N–H and O–H groups in total. The monoisotopic (exact) mass is 670 g/mol. The second-order valence-corrected chi connectivity index (χ2v) is 13.6. The molecule has 8 nitrogen and oxygen atoms in total. The van der Waals surface area contributed by atoms with Crippen molar-refractivity contribution in [2.45, 2.75) is 26.7 Å². The summed E-state index contributed by atoms with van der Waals surface area (Å²) in [4.78, 5) is 58.8. The number of nitrogens with zero attached hydrogens (tertiary/aromatic N) is 2. The van der Waals surface area contributed by atoms with Crippen LogP contribution in [-0.2, 0) is 19.2 Å². The first kappa shape index (κ1) is 31.2. The van der Waals surface area contributed by atoms with Crippen LogP contribution in [0.25, 0.3) is 6.08 Å². The van der Waals surface area contributed by atoms with Crippen molar-refractivity contribution in [3.05, 3.63) is 99.1 Å². The molecule has 0 spiro atoms. The van der Waals surface area contributed by atoms with E-state index >= 15 is 0 Å². The van der Waals surface area contributed by atoms with Gasteiger partial charge in [0.25, 0.3) is 0 Å². The molecule has 3 fully saturated rings. The lowest BCUT2D eigenvalue weighted by Gasteiger charge is -2.42. The molecule has 47 heavy (non-hydrogen) atoms. The Labute approximate surface area is 282 Å². The largest absolute Gasteiger partial charge is 0.504 e. The Bertz CT molecular complexity index is 1940. The van der Waals surface area contributed by atoms with Crippen LogP contribution in [0.2, 0.25) is 10.0 Å². The van der Waals surface area contributed by atoms with Gasteiger partial charge in [0.2, 0.25) is 23.6 Å². The molecule has 7 rings (SSSR count). The van der Waals surface area contributed by atoms with Gasteiger partial charge in [0.05, 0.1) is 42.2 Å². The minimum Gasteiger partial charge on any atom is -0.504 e. The van der Waals surface area contributed by atoms with Crippen molar-refractivity contribution in [1.29, 1.82) is 0 Å². The number of benzene rings is 3. The standard InChI is InChI=1S/C37H32Cl2N2O6/c1-18-4-8-21(15-28(18)38)40-34(43)25-12-11-23-24(10-6-20-7-13-30(42)31(14-20)47-3)32-27(17-26(23)33(25)37(40)46)35(44)41(36(32)45)22-9-5-19(2)29(39)16-22/h4-11,13-16,24-27,32-33,42H,12,17H2,1-3H3. The van der Waals surface area contributed by atoms with Crippen molar-refractivity contribution < 1.29 is 29.0 Å².